The van der Waals surface area contributed by atoms with Crippen molar-refractivity contribution < 1.29 is 0 Å². The molecular weight excluding hydrogens is 312 g/mol. The number of rotatable bonds is 5. The van der Waals surface area contributed by atoms with Crippen molar-refractivity contribution in [2.24, 2.45) is 5.92 Å². The van der Waals surface area contributed by atoms with Gasteiger partial charge in [-0.05, 0) is 49.3 Å². The molecule has 0 spiro atoms. The first-order chi connectivity index (χ1) is 9.76. The third kappa shape index (κ3) is 3.56. The van der Waals surface area contributed by atoms with Gasteiger partial charge in [-0.15, -0.1) is 0 Å². The molecule has 2 aliphatic rings. The second kappa shape index (κ2) is 6.48. The van der Waals surface area contributed by atoms with Crippen LogP contribution in [0.15, 0.2) is 22.7 Å². The highest BCUT2D eigenvalue weighted by Crippen LogP contribution is 2.29. The molecule has 2 nitrogen and oxygen atoms in total. The van der Waals surface area contributed by atoms with E-state index in [1.54, 1.807) is 0 Å². The van der Waals surface area contributed by atoms with Gasteiger partial charge in [-0.25, -0.2) is 0 Å². The summed E-state index contributed by atoms with van der Waals surface area (Å²) in [6.45, 7) is 5.74. The smallest absolute Gasteiger partial charge is 0.0377 e. The maximum absolute atomic E-state index is 3.75. The Hall–Kier alpha value is -0.540. The van der Waals surface area contributed by atoms with Crippen molar-refractivity contribution >= 4 is 21.6 Å². The number of benzene rings is 1. The summed E-state index contributed by atoms with van der Waals surface area (Å²) in [6, 6.07) is 7.66. The van der Waals surface area contributed by atoms with Crippen molar-refractivity contribution in [2.45, 2.75) is 51.6 Å². The highest BCUT2D eigenvalue weighted by molar-refractivity contribution is 9.10. The lowest BCUT2D eigenvalue weighted by Crippen LogP contribution is -2.35. The van der Waals surface area contributed by atoms with Gasteiger partial charge in [0.25, 0.3) is 0 Å². The Kier molecular flexibility index (Phi) is 4.67. The van der Waals surface area contributed by atoms with E-state index in [1.165, 1.54) is 60.9 Å². The van der Waals surface area contributed by atoms with Crippen molar-refractivity contribution in [3.05, 3.63) is 28.2 Å². The summed E-state index contributed by atoms with van der Waals surface area (Å²) in [4.78, 5) is 2.56. The highest BCUT2D eigenvalue weighted by atomic mass is 79.9. The van der Waals surface area contributed by atoms with Gasteiger partial charge in [0.1, 0.15) is 0 Å². The maximum Gasteiger partial charge on any atom is 0.0377 e. The molecule has 1 heterocycles. The van der Waals surface area contributed by atoms with Crippen molar-refractivity contribution in [3.8, 4) is 0 Å². The van der Waals surface area contributed by atoms with E-state index in [9.17, 15) is 0 Å². The number of halogens is 1. The average molecular weight is 337 g/mol. The van der Waals surface area contributed by atoms with Gasteiger partial charge in [0.15, 0.2) is 0 Å². The third-order valence-corrected chi connectivity index (χ3v) is 5.39. The average Bonchev–Trinajstić information content (AvgIpc) is 3.30. The van der Waals surface area contributed by atoms with Crippen LogP contribution in [0.1, 0.15) is 44.6 Å². The Morgan fingerprint density at radius 3 is 2.85 bits per heavy atom. The topological polar surface area (TPSA) is 15.3 Å². The summed E-state index contributed by atoms with van der Waals surface area (Å²) >= 11 is 3.75. The fourth-order valence-electron chi connectivity index (χ4n) is 3.05. The molecule has 1 N–H and O–H groups in total. The predicted molar refractivity (Wildman–Crippen MR) is 89.2 cm³/mol. The van der Waals surface area contributed by atoms with Crippen LogP contribution >= 0.6 is 15.9 Å². The van der Waals surface area contributed by atoms with Crippen molar-refractivity contribution in [1.82, 2.24) is 5.32 Å². The van der Waals surface area contributed by atoms with E-state index < -0.39 is 0 Å². The fourth-order valence-corrected chi connectivity index (χ4v) is 3.56. The van der Waals surface area contributed by atoms with Crippen LogP contribution in [-0.4, -0.2) is 19.1 Å². The van der Waals surface area contributed by atoms with Gasteiger partial charge >= 0.3 is 0 Å². The lowest BCUT2D eigenvalue weighted by atomic mass is 9.95. The molecule has 110 valence electrons. The molecule has 3 heteroatoms. The molecule has 1 aliphatic carbocycles. The van der Waals surface area contributed by atoms with E-state index in [0.717, 1.165) is 18.5 Å². The minimum atomic E-state index is 0.772. The van der Waals surface area contributed by atoms with Gasteiger partial charge in [0.2, 0.25) is 0 Å². The summed E-state index contributed by atoms with van der Waals surface area (Å²) in [5.41, 5.74) is 2.76. The monoisotopic (exact) mass is 336 g/mol. The van der Waals surface area contributed by atoms with Crippen LogP contribution in [0.2, 0.25) is 0 Å². The molecule has 0 amide bonds. The Labute approximate surface area is 131 Å². The summed E-state index contributed by atoms with van der Waals surface area (Å²) in [5, 5.41) is 3.59. The zero-order valence-electron chi connectivity index (χ0n) is 12.4. The van der Waals surface area contributed by atoms with E-state index in [4.69, 9.17) is 0 Å². The molecule has 2 fully saturated rings. The minimum Gasteiger partial charge on any atom is -0.371 e. The molecule has 0 radical (unpaired) electrons. The molecule has 1 aromatic rings. The first-order valence-electron chi connectivity index (χ1n) is 8.03. The SMILES string of the molecule is CCC1CCCN(c2ccc(CNC3CC3)c(Br)c2)C1. The number of anilines is 1. The van der Waals surface area contributed by atoms with Gasteiger partial charge in [-0.2, -0.15) is 0 Å². The molecule has 1 saturated heterocycles. The first kappa shape index (κ1) is 14.4. The van der Waals surface area contributed by atoms with Crippen molar-refractivity contribution in [2.75, 3.05) is 18.0 Å². The molecule has 0 bridgehead atoms. The lowest BCUT2D eigenvalue weighted by Gasteiger charge is -2.34. The van der Waals surface area contributed by atoms with Crippen LogP contribution in [0.5, 0.6) is 0 Å². The van der Waals surface area contributed by atoms with Gasteiger partial charge in [-0.1, -0.05) is 35.3 Å². The minimum absolute atomic E-state index is 0.772. The largest absolute Gasteiger partial charge is 0.371 e. The molecule has 1 unspecified atom stereocenters. The van der Waals surface area contributed by atoms with Crippen LogP contribution in [0, 0.1) is 5.92 Å². The van der Waals surface area contributed by atoms with Crippen LogP contribution in [0.3, 0.4) is 0 Å². The Morgan fingerprint density at radius 1 is 1.30 bits per heavy atom. The van der Waals surface area contributed by atoms with Gasteiger partial charge in [0, 0.05) is 35.8 Å². The van der Waals surface area contributed by atoms with Gasteiger partial charge in [-0.3, -0.25) is 0 Å². The van der Waals surface area contributed by atoms with E-state index in [0.29, 0.717) is 0 Å². The molecule has 1 aliphatic heterocycles. The molecular formula is C17H25BrN2. The van der Waals surface area contributed by atoms with Crippen molar-refractivity contribution in [1.29, 1.82) is 0 Å². The molecule has 1 saturated carbocycles. The third-order valence-electron chi connectivity index (χ3n) is 4.66. The number of hydrogen-bond acceptors (Lipinski definition) is 2. The van der Waals surface area contributed by atoms with Crippen LogP contribution in [0.25, 0.3) is 0 Å². The van der Waals surface area contributed by atoms with Gasteiger partial charge < -0.3 is 10.2 Å². The predicted octanol–water partition coefficient (Wildman–Crippen LogP) is 4.33. The second-order valence-electron chi connectivity index (χ2n) is 6.29. The van der Waals surface area contributed by atoms with E-state index in [1.807, 2.05) is 0 Å². The number of hydrogen-bond donors (Lipinski definition) is 1. The molecule has 20 heavy (non-hydrogen) atoms. The quantitative estimate of drug-likeness (QED) is 0.860. The van der Waals surface area contributed by atoms with Crippen LogP contribution < -0.4 is 10.2 Å². The summed E-state index contributed by atoms with van der Waals surface area (Å²) < 4.78 is 1.25. The summed E-state index contributed by atoms with van der Waals surface area (Å²) in [6.07, 6.45) is 6.74. The van der Waals surface area contributed by atoms with Crippen LogP contribution in [-0.2, 0) is 6.54 Å². The maximum atomic E-state index is 3.75. The van der Waals surface area contributed by atoms with Crippen molar-refractivity contribution in [3.63, 3.8) is 0 Å². The Morgan fingerprint density at radius 2 is 2.15 bits per heavy atom. The number of nitrogens with one attached hydrogen (secondary N) is 1. The summed E-state index contributed by atoms with van der Waals surface area (Å²) in [7, 11) is 0. The van der Waals surface area contributed by atoms with Gasteiger partial charge in [0.05, 0.1) is 0 Å². The normalized spacial score (nSPS) is 23.1. The Bertz CT molecular complexity index is 456. The summed E-state index contributed by atoms with van der Waals surface area (Å²) in [5.74, 6) is 0.874. The highest BCUT2D eigenvalue weighted by Gasteiger charge is 2.21. The Balaban J connectivity index is 1.65. The van der Waals surface area contributed by atoms with E-state index >= 15 is 0 Å². The number of nitrogens with zero attached hydrogens (tertiary/aromatic N) is 1. The first-order valence-corrected chi connectivity index (χ1v) is 8.82. The molecule has 0 aromatic heterocycles. The fraction of sp³-hybridized carbons (Fsp3) is 0.647. The zero-order valence-corrected chi connectivity index (χ0v) is 14.0. The second-order valence-corrected chi connectivity index (χ2v) is 7.15. The van der Waals surface area contributed by atoms with E-state index in [-0.39, 0.29) is 0 Å². The molecule has 1 aromatic carbocycles. The van der Waals surface area contributed by atoms with E-state index in [2.05, 4.69) is 51.3 Å². The standard InChI is InChI=1S/C17H25BrN2/c1-2-13-4-3-9-20(12-13)16-8-5-14(17(18)10-16)11-19-15-6-7-15/h5,8,10,13,15,19H,2-4,6-7,9,11-12H2,1H3. The molecule has 3 rings (SSSR count). The molecule has 1 atom stereocenters. The number of piperidine rings is 1. The zero-order chi connectivity index (χ0) is 13.9. The van der Waals surface area contributed by atoms with Crippen LogP contribution in [0.4, 0.5) is 5.69 Å². The lowest BCUT2D eigenvalue weighted by molar-refractivity contribution is 0.404.